The molecule has 0 unspecified atom stereocenters. The zero-order chi connectivity index (χ0) is 15.7. The highest BCUT2D eigenvalue weighted by atomic mass is 16.2. The minimum atomic E-state index is 0.122. The molecule has 3 nitrogen and oxygen atoms in total. The van der Waals surface area contributed by atoms with E-state index in [-0.39, 0.29) is 5.91 Å². The lowest BCUT2D eigenvalue weighted by Gasteiger charge is -2.29. The number of aryl methyl sites for hydroxylation is 1. The average molecular weight is 294 g/mol. The predicted molar refractivity (Wildman–Crippen MR) is 90.4 cm³/mol. The number of fused-ring (bicyclic) bond motifs is 1. The largest absolute Gasteiger partial charge is 0.378 e. The van der Waals surface area contributed by atoms with Crippen molar-refractivity contribution < 1.29 is 4.79 Å². The average Bonchev–Trinajstić information content (AvgIpc) is 2.53. The SMILES string of the molecule is Cc1ccc2c(c1)CCN(C(=O)c1ccc(N(C)C)cc1)C2. The zero-order valence-corrected chi connectivity index (χ0v) is 13.5. The van der Waals surface area contributed by atoms with Crippen molar-refractivity contribution in [3.63, 3.8) is 0 Å². The molecule has 0 saturated carbocycles. The van der Waals surface area contributed by atoms with Crippen LogP contribution >= 0.6 is 0 Å². The van der Waals surface area contributed by atoms with Crippen LogP contribution in [0.3, 0.4) is 0 Å². The van der Waals surface area contributed by atoms with Gasteiger partial charge in [0.1, 0.15) is 0 Å². The number of nitrogens with zero attached hydrogens (tertiary/aromatic N) is 2. The number of hydrogen-bond donors (Lipinski definition) is 0. The van der Waals surface area contributed by atoms with Gasteiger partial charge in [0.05, 0.1) is 0 Å². The topological polar surface area (TPSA) is 23.6 Å². The molecule has 0 aromatic heterocycles. The third-order valence-electron chi connectivity index (χ3n) is 4.29. The quantitative estimate of drug-likeness (QED) is 0.849. The molecule has 0 saturated heterocycles. The molecule has 2 aromatic carbocycles. The van der Waals surface area contributed by atoms with Gasteiger partial charge in [-0.1, -0.05) is 23.8 Å². The summed E-state index contributed by atoms with van der Waals surface area (Å²) < 4.78 is 0. The minimum Gasteiger partial charge on any atom is -0.378 e. The lowest BCUT2D eigenvalue weighted by atomic mass is 9.97. The fraction of sp³-hybridized carbons (Fsp3) is 0.316. The third kappa shape index (κ3) is 2.84. The fourth-order valence-corrected chi connectivity index (χ4v) is 2.94. The van der Waals surface area contributed by atoms with Crippen LogP contribution in [-0.4, -0.2) is 31.4 Å². The molecule has 0 radical (unpaired) electrons. The van der Waals surface area contributed by atoms with Gasteiger partial charge in [-0.2, -0.15) is 0 Å². The highest BCUT2D eigenvalue weighted by molar-refractivity contribution is 5.94. The molecule has 1 amide bonds. The number of anilines is 1. The molecule has 22 heavy (non-hydrogen) atoms. The van der Waals surface area contributed by atoms with E-state index in [1.807, 2.05) is 48.2 Å². The first kappa shape index (κ1) is 14.6. The number of amides is 1. The summed E-state index contributed by atoms with van der Waals surface area (Å²) >= 11 is 0. The predicted octanol–water partition coefficient (Wildman–Crippen LogP) is 3.26. The summed E-state index contributed by atoms with van der Waals surface area (Å²) in [6, 6.07) is 14.3. The molecule has 2 aromatic rings. The smallest absolute Gasteiger partial charge is 0.254 e. The van der Waals surface area contributed by atoms with Crippen LogP contribution in [0.15, 0.2) is 42.5 Å². The number of benzene rings is 2. The van der Waals surface area contributed by atoms with Gasteiger partial charge >= 0.3 is 0 Å². The Bertz CT molecular complexity index is 689. The van der Waals surface area contributed by atoms with Crippen LogP contribution in [-0.2, 0) is 13.0 Å². The van der Waals surface area contributed by atoms with E-state index in [1.54, 1.807) is 0 Å². The molecule has 0 spiro atoms. The Morgan fingerprint density at radius 2 is 1.77 bits per heavy atom. The molecule has 0 atom stereocenters. The Hall–Kier alpha value is -2.29. The molecule has 1 heterocycles. The molecule has 0 aliphatic carbocycles. The van der Waals surface area contributed by atoms with E-state index in [1.165, 1.54) is 16.7 Å². The minimum absolute atomic E-state index is 0.122. The van der Waals surface area contributed by atoms with E-state index in [0.29, 0.717) is 6.54 Å². The molecular formula is C19H22N2O. The van der Waals surface area contributed by atoms with Crippen molar-refractivity contribution in [2.45, 2.75) is 19.9 Å². The Labute approximate surface area is 132 Å². The van der Waals surface area contributed by atoms with Crippen molar-refractivity contribution in [1.82, 2.24) is 4.90 Å². The van der Waals surface area contributed by atoms with Crippen molar-refractivity contribution in [3.8, 4) is 0 Å². The van der Waals surface area contributed by atoms with Crippen LogP contribution in [0.2, 0.25) is 0 Å². The van der Waals surface area contributed by atoms with Gasteiger partial charge in [0.25, 0.3) is 5.91 Å². The number of carbonyl (C=O) groups is 1. The highest BCUT2D eigenvalue weighted by Crippen LogP contribution is 2.22. The Balaban J connectivity index is 1.77. The van der Waals surface area contributed by atoms with Crippen LogP contribution in [0.4, 0.5) is 5.69 Å². The summed E-state index contributed by atoms with van der Waals surface area (Å²) in [5.74, 6) is 0.122. The van der Waals surface area contributed by atoms with Crippen molar-refractivity contribution in [2.75, 3.05) is 25.5 Å². The maximum Gasteiger partial charge on any atom is 0.254 e. The summed E-state index contributed by atoms with van der Waals surface area (Å²) in [5, 5.41) is 0. The highest BCUT2D eigenvalue weighted by Gasteiger charge is 2.21. The molecule has 0 fully saturated rings. The molecule has 1 aliphatic rings. The van der Waals surface area contributed by atoms with Crippen molar-refractivity contribution in [1.29, 1.82) is 0 Å². The lowest BCUT2D eigenvalue weighted by molar-refractivity contribution is 0.0734. The first-order valence-corrected chi connectivity index (χ1v) is 7.69. The van der Waals surface area contributed by atoms with Crippen LogP contribution in [0.5, 0.6) is 0 Å². The third-order valence-corrected chi connectivity index (χ3v) is 4.29. The number of hydrogen-bond acceptors (Lipinski definition) is 2. The van der Waals surface area contributed by atoms with Crippen LogP contribution in [0.25, 0.3) is 0 Å². The van der Waals surface area contributed by atoms with Gasteiger partial charge in [-0.3, -0.25) is 4.79 Å². The van der Waals surface area contributed by atoms with E-state index in [0.717, 1.165) is 24.2 Å². The van der Waals surface area contributed by atoms with E-state index in [9.17, 15) is 4.79 Å². The van der Waals surface area contributed by atoms with Crippen LogP contribution in [0.1, 0.15) is 27.0 Å². The summed E-state index contributed by atoms with van der Waals surface area (Å²) in [7, 11) is 4.00. The zero-order valence-electron chi connectivity index (χ0n) is 13.5. The fourth-order valence-electron chi connectivity index (χ4n) is 2.94. The van der Waals surface area contributed by atoms with Gasteiger partial charge in [-0.05, 0) is 48.7 Å². The first-order chi connectivity index (χ1) is 10.5. The lowest BCUT2D eigenvalue weighted by Crippen LogP contribution is -2.36. The first-order valence-electron chi connectivity index (χ1n) is 7.69. The summed E-state index contributed by atoms with van der Waals surface area (Å²) in [6.45, 7) is 3.62. The Morgan fingerprint density at radius 1 is 1.05 bits per heavy atom. The summed E-state index contributed by atoms with van der Waals surface area (Å²) in [6.07, 6.45) is 0.943. The van der Waals surface area contributed by atoms with Crippen LogP contribution in [0, 0.1) is 6.92 Å². The van der Waals surface area contributed by atoms with Gasteiger partial charge in [0.2, 0.25) is 0 Å². The monoisotopic (exact) mass is 294 g/mol. The second-order valence-corrected chi connectivity index (χ2v) is 6.19. The Kier molecular flexibility index (Phi) is 3.88. The van der Waals surface area contributed by atoms with Gasteiger partial charge in [0.15, 0.2) is 0 Å². The van der Waals surface area contributed by atoms with Gasteiger partial charge < -0.3 is 9.80 Å². The molecule has 0 N–H and O–H groups in total. The summed E-state index contributed by atoms with van der Waals surface area (Å²) in [4.78, 5) is 16.7. The molecule has 1 aliphatic heterocycles. The van der Waals surface area contributed by atoms with E-state index in [2.05, 4.69) is 25.1 Å². The van der Waals surface area contributed by atoms with Crippen LogP contribution < -0.4 is 4.90 Å². The van der Waals surface area contributed by atoms with E-state index in [4.69, 9.17) is 0 Å². The standard InChI is InChI=1S/C19H22N2O/c1-14-4-5-17-13-21(11-10-16(17)12-14)19(22)15-6-8-18(9-7-15)20(2)3/h4-9,12H,10-11,13H2,1-3H3. The van der Waals surface area contributed by atoms with Gasteiger partial charge in [-0.15, -0.1) is 0 Å². The van der Waals surface area contributed by atoms with Crippen molar-refractivity contribution >= 4 is 11.6 Å². The molecule has 3 heteroatoms. The second kappa shape index (κ2) is 5.84. The number of carbonyl (C=O) groups excluding carboxylic acids is 1. The second-order valence-electron chi connectivity index (χ2n) is 6.19. The molecular weight excluding hydrogens is 272 g/mol. The van der Waals surface area contributed by atoms with Crippen molar-refractivity contribution in [3.05, 3.63) is 64.7 Å². The molecule has 0 bridgehead atoms. The van der Waals surface area contributed by atoms with Gasteiger partial charge in [0, 0.05) is 38.4 Å². The van der Waals surface area contributed by atoms with E-state index >= 15 is 0 Å². The molecule has 3 rings (SSSR count). The normalized spacial score (nSPS) is 13.7. The van der Waals surface area contributed by atoms with Gasteiger partial charge in [-0.25, -0.2) is 0 Å². The maximum atomic E-state index is 12.7. The Morgan fingerprint density at radius 3 is 2.45 bits per heavy atom. The van der Waals surface area contributed by atoms with Crippen molar-refractivity contribution in [2.24, 2.45) is 0 Å². The maximum absolute atomic E-state index is 12.7. The molecule has 114 valence electrons. The van der Waals surface area contributed by atoms with E-state index < -0.39 is 0 Å². The summed E-state index contributed by atoms with van der Waals surface area (Å²) in [5.41, 5.74) is 5.82. The number of rotatable bonds is 2.